The zero-order valence-electron chi connectivity index (χ0n) is 19.1. The molecule has 1 saturated heterocycles. The topological polar surface area (TPSA) is 84.0 Å². The van der Waals surface area contributed by atoms with Crippen molar-refractivity contribution in [2.75, 3.05) is 13.2 Å². The molecule has 1 amide bonds. The van der Waals surface area contributed by atoms with Crippen LogP contribution in [0.2, 0.25) is 0 Å². The Morgan fingerprint density at radius 3 is 2.13 bits per heavy atom. The highest BCUT2D eigenvalue weighted by Crippen LogP contribution is 2.31. The molecule has 2 rings (SSSR count). The molecule has 1 aromatic rings. The summed E-state index contributed by atoms with van der Waals surface area (Å²) in [5, 5.41) is 0. The van der Waals surface area contributed by atoms with E-state index < -0.39 is 22.0 Å². The number of sulfonamides is 1. The fourth-order valence-electron chi connectivity index (χ4n) is 4.43. The Labute approximate surface area is 180 Å². The van der Waals surface area contributed by atoms with E-state index in [0.29, 0.717) is 24.0 Å². The molecule has 0 saturated carbocycles. The minimum Gasteiger partial charge on any atom is -0.454 e. The van der Waals surface area contributed by atoms with Gasteiger partial charge < -0.3 is 9.64 Å². The molecular formula is C22H34N2O5S. The summed E-state index contributed by atoms with van der Waals surface area (Å²) >= 11 is 0. The number of benzene rings is 1. The second-order valence-electron chi connectivity index (χ2n) is 8.60. The van der Waals surface area contributed by atoms with Gasteiger partial charge in [0.25, 0.3) is 5.91 Å². The lowest BCUT2D eigenvalue weighted by atomic mass is 10.1. The number of hydrogen-bond donors (Lipinski definition) is 0. The fraction of sp³-hybridized carbons (Fsp3) is 0.636. The number of rotatable bonds is 7. The van der Waals surface area contributed by atoms with E-state index in [9.17, 15) is 18.0 Å². The maximum absolute atomic E-state index is 13.4. The van der Waals surface area contributed by atoms with E-state index in [1.165, 1.54) is 4.31 Å². The largest absolute Gasteiger partial charge is 0.454 e. The fourth-order valence-corrected chi connectivity index (χ4v) is 6.49. The van der Waals surface area contributed by atoms with Crippen LogP contribution >= 0.6 is 0 Å². The molecule has 1 aliphatic rings. The molecule has 1 atom stereocenters. The average Bonchev–Trinajstić information content (AvgIpc) is 3.08. The molecule has 168 valence electrons. The second-order valence-corrected chi connectivity index (χ2v) is 10.4. The van der Waals surface area contributed by atoms with Gasteiger partial charge in [0, 0.05) is 18.6 Å². The number of amides is 1. The van der Waals surface area contributed by atoms with Gasteiger partial charge in [-0.05, 0) is 72.4 Å². The van der Waals surface area contributed by atoms with Gasteiger partial charge in [0.15, 0.2) is 6.61 Å². The van der Waals surface area contributed by atoms with E-state index in [0.717, 1.165) is 5.56 Å². The van der Waals surface area contributed by atoms with Gasteiger partial charge in [-0.2, -0.15) is 4.31 Å². The molecule has 0 aromatic heterocycles. The van der Waals surface area contributed by atoms with Gasteiger partial charge in [-0.25, -0.2) is 8.42 Å². The van der Waals surface area contributed by atoms with Gasteiger partial charge in [-0.15, -0.1) is 0 Å². The van der Waals surface area contributed by atoms with Crippen LogP contribution in [0.4, 0.5) is 0 Å². The van der Waals surface area contributed by atoms with Crippen molar-refractivity contribution in [3.63, 3.8) is 0 Å². The third-order valence-corrected chi connectivity index (χ3v) is 7.60. The van der Waals surface area contributed by atoms with E-state index in [1.54, 1.807) is 18.7 Å². The summed E-state index contributed by atoms with van der Waals surface area (Å²) in [6.45, 7) is 12.9. The Hall–Kier alpha value is -1.93. The number of ether oxygens (including phenoxy) is 1. The summed E-state index contributed by atoms with van der Waals surface area (Å²) in [6, 6.07) is 2.71. The quantitative estimate of drug-likeness (QED) is 0.611. The molecule has 1 heterocycles. The Kier molecular flexibility index (Phi) is 7.69. The van der Waals surface area contributed by atoms with Crippen molar-refractivity contribution >= 4 is 21.9 Å². The third-order valence-electron chi connectivity index (χ3n) is 5.39. The van der Waals surface area contributed by atoms with Gasteiger partial charge in [0.05, 0.1) is 4.90 Å². The normalized spacial score (nSPS) is 17.6. The Bertz CT molecular complexity index is 877. The maximum Gasteiger partial charge on any atom is 0.324 e. The molecule has 8 heteroatoms. The number of esters is 1. The molecule has 0 bridgehead atoms. The first-order chi connectivity index (χ1) is 13.9. The third kappa shape index (κ3) is 5.03. The van der Waals surface area contributed by atoms with Gasteiger partial charge in [0.1, 0.15) is 6.04 Å². The lowest BCUT2D eigenvalue weighted by Crippen LogP contribution is -2.46. The first-order valence-corrected chi connectivity index (χ1v) is 11.9. The zero-order valence-corrected chi connectivity index (χ0v) is 19.9. The summed E-state index contributed by atoms with van der Waals surface area (Å²) in [4.78, 5) is 27.1. The van der Waals surface area contributed by atoms with Crippen LogP contribution in [0.1, 0.15) is 57.2 Å². The molecule has 1 unspecified atom stereocenters. The van der Waals surface area contributed by atoms with E-state index in [1.807, 2.05) is 46.8 Å². The minimum atomic E-state index is -3.86. The van der Waals surface area contributed by atoms with Crippen molar-refractivity contribution in [3.8, 4) is 0 Å². The van der Waals surface area contributed by atoms with E-state index >= 15 is 0 Å². The lowest BCUT2D eigenvalue weighted by molar-refractivity contribution is -0.156. The molecule has 1 fully saturated rings. The maximum atomic E-state index is 13.4. The van der Waals surface area contributed by atoms with Crippen LogP contribution in [-0.2, 0) is 24.3 Å². The number of nitrogens with zero attached hydrogens (tertiary/aromatic N) is 2. The van der Waals surface area contributed by atoms with Crippen molar-refractivity contribution < 1.29 is 22.7 Å². The van der Waals surface area contributed by atoms with Crippen LogP contribution in [0.5, 0.6) is 0 Å². The van der Waals surface area contributed by atoms with Crippen LogP contribution < -0.4 is 0 Å². The van der Waals surface area contributed by atoms with E-state index in [-0.39, 0.29) is 36.0 Å². The van der Waals surface area contributed by atoms with Crippen LogP contribution in [-0.4, -0.2) is 60.8 Å². The smallest absolute Gasteiger partial charge is 0.324 e. The van der Waals surface area contributed by atoms with Crippen LogP contribution in [0.3, 0.4) is 0 Å². The summed E-state index contributed by atoms with van der Waals surface area (Å²) in [7, 11) is -3.86. The molecule has 0 radical (unpaired) electrons. The Morgan fingerprint density at radius 1 is 1.10 bits per heavy atom. The number of aryl methyl sites for hydroxylation is 3. The van der Waals surface area contributed by atoms with Crippen molar-refractivity contribution in [1.29, 1.82) is 0 Å². The van der Waals surface area contributed by atoms with Gasteiger partial charge in [0.2, 0.25) is 10.0 Å². The number of carbonyl (C=O) groups excluding carboxylic acids is 2. The van der Waals surface area contributed by atoms with E-state index in [2.05, 4.69) is 0 Å². The first-order valence-electron chi connectivity index (χ1n) is 10.5. The summed E-state index contributed by atoms with van der Waals surface area (Å²) in [5.74, 6) is -0.953. The minimum absolute atomic E-state index is 0.0213. The predicted molar refractivity (Wildman–Crippen MR) is 116 cm³/mol. The molecule has 0 N–H and O–H groups in total. The van der Waals surface area contributed by atoms with Crippen molar-refractivity contribution in [2.45, 2.75) is 84.3 Å². The zero-order chi connectivity index (χ0) is 22.8. The van der Waals surface area contributed by atoms with Gasteiger partial charge >= 0.3 is 5.97 Å². The van der Waals surface area contributed by atoms with Crippen molar-refractivity contribution in [2.24, 2.45) is 0 Å². The SMILES string of the molecule is Cc1cc(C)c(S(=O)(=O)N2CCCC2C(=O)OCC(=O)N(C(C)C)C(C)C)c(C)c1. The lowest BCUT2D eigenvalue weighted by Gasteiger charge is -2.31. The molecular weight excluding hydrogens is 404 g/mol. The molecule has 0 aliphatic carbocycles. The monoisotopic (exact) mass is 438 g/mol. The van der Waals surface area contributed by atoms with Crippen LogP contribution in [0.25, 0.3) is 0 Å². The van der Waals surface area contributed by atoms with Gasteiger partial charge in [-0.1, -0.05) is 17.7 Å². The highest BCUT2D eigenvalue weighted by molar-refractivity contribution is 7.89. The van der Waals surface area contributed by atoms with Crippen LogP contribution in [0.15, 0.2) is 17.0 Å². The highest BCUT2D eigenvalue weighted by Gasteiger charge is 2.41. The van der Waals surface area contributed by atoms with Crippen LogP contribution in [0, 0.1) is 20.8 Å². The first kappa shape index (κ1) is 24.3. The number of carbonyl (C=O) groups is 2. The van der Waals surface area contributed by atoms with Crippen molar-refractivity contribution in [3.05, 3.63) is 28.8 Å². The summed E-state index contributed by atoms with van der Waals surface area (Å²) in [6.07, 6.45) is 0.954. The molecule has 30 heavy (non-hydrogen) atoms. The summed E-state index contributed by atoms with van der Waals surface area (Å²) in [5.41, 5.74) is 2.30. The van der Waals surface area contributed by atoms with Crippen molar-refractivity contribution in [1.82, 2.24) is 9.21 Å². The predicted octanol–water partition coefficient (Wildman–Crippen LogP) is 2.95. The summed E-state index contributed by atoms with van der Waals surface area (Å²) < 4.78 is 33.2. The van der Waals surface area contributed by atoms with Gasteiger partial charge in [-0.3, -0.25) is 9.59 Å². The molecule has 7 nitrogen and oxygen atoms in total. The Balaban J connectivity index is 2.19. The highest BCUT2D eigenvalue weighted by atomic mass is 32.2. The molecule has 1 aliphatic heterocycles. The van der Waals surface area contributed by atoms with E-state index in [4.69, 9.17) is 4.74 Å². The average molecular weight is 439 g/mol. The Morgan fingerprint density at radius 2 is 1.63 bits per heavy atom. The number of hydrogen-bond acceptors (Lipinski definition) is 5. The standard InChI is InChI=1S/C22H34N2O5S/c1-14(2)24(15(3)4)20(25)13-29-22(26)19-9-8-10-23(19)30(27,28)21-17(6)11-16(5)12-18(21)7/h11-12,14-15,19H,8-10,13H2,1-7H3. The molecule has 0 spiro atoms. The second kappa shape index (κ2) is 9.47. The molecule has 1 aromatic carbocycles.